The van der Waals surface area contributed by atoms with Crippen LogP contribution in [0, 0.1) is 16.7 Å². The zero-order valence-electron chi connectivity index (χ0n) is 14.3. The predicted molar refractivity (Wildman–Crippen MR) is 91.7 cm³/mol. The van der Waals surface area contributed by atoms with Crippen LogP contribution in [0.25, 0.3) is 0 Å². The molecule has 3 rings (SSSR count). The topological polar surface area (TPSA) is 46.6 Å². The third kappa shape index (κ3) is 3.06. The molecular formula is C18H27NO3S. The van der Waals surface area contributed by atoms with Gasteiger partial charge in [0.1, 0.15) is 0 Å². The number of hydrogen-bond acceptors (Lipinski definition) is 3. The fourth-order valence-corrected chi connectivity index (χ4v) is 6.38. The lowest BCUT2D eigenvalue weighted by atomic mass is 9.48. The van der Waals surface area contributed by atoms with Crippen molar-refractivity contribution in [1.29, 1.82) is 0 Å². The Morgan fingerprint density at radius 3 is 2.57 bits per heavy atom. The van der Waals surface area contributed by atoms with Crippen molar-refractivity contribution in [3.05, 3.63) is 35.9 Å². The Kier molecular flexibility index (Phi) is 4.32. The van der Waals surface area contributed by atoms with E-state index in [1.54, 1.807) is 11.4 Å². The quantitative estimate of drug-likeness (QED) is 0.801. The van der Waals surface area contributed by atoms with E-state index in [1.807, 2.05) is 30.3 Å². The Morgan fingerprint density at radius 1 is 1.26 bits per heavy atom. The second-order valence-corrected chi connectivity index (χ2v) is 9.95. The maximum atomic E-state index is 12.8. The molecule has 1 aromatic rings. The third-order valence-electron chi connectivity index (χ3n) is 5.68. The molecule has 5 heteroatoms. The minimum atomic E-state index is -3.21. The van der Waals surface area contributed by atoms with Crippen LogP contribution in [0.4, 0.5) is 0 Å². The van der Waals surface area contributed by atoms with E-state index in [-0.39, 0.29) is 16.6 Å². The van der Waals surface area contributed by atoms with Crippen LogP contribution in [-0.4, -0.2) is 45.3 Å². The number of sulfonamides is 1. The van der Waals surface area contributed by atoms with Gasteiger partial charge in [-0.1, -0.05) is 44.2 Å². The molecule has 128 valence electrons. The largest absolute Gasteiger partial charge is 0.384 e. The summed E-state index contributed by atoms with van der Waals surface area (Å²) >= 11 is 0. The summed E-state index contributed by atoms with van der Waals surface area (Å²) in [6, 6.07) is 9.83. The minimum absolute atomic E-state index is 0.0259. The van der Waals surface area contributed by atoms with Gasteiger partial charge in [0.25, 0.3) is 0 Å². The zero-order valence-corrected chi connectivity index (χ0v) is 15.1. The fourth-order valence-electron chi connectivity index (χ4n) is 4.80. The number of methoxy groups -OCH3 is 1. The summed E-state index contributed by atoms with van der Waals surface area (Å²) in [5, 5.41) is 0. The van der Waals surface area contributed by atoms with Gasteiger partial charge in [0.2, 0.25) is 10.0 Å². The van der Waals surface area contributed by atoms with Crippen molar-refractivity contribution >= 4 is 10.0 Å². The average Bonchev–Trinajstić information content (AvgIpc) is 2.82. The monoisotopic (exact) mass is 337 g/mol. The molecule has 1 aliphatic heterocycles. The van der Waals surface area contributed by atoms with Gasteiger partial charge < -0.3 is 4.74 Å². The average molecular weight is 337 g/mol. The molecule has 0 radical (unpaired) electrons. The summed E-state index contributed by atoms with van der Waals surface area (Å²) in [6.07, 6.45) is 1.62. The summed E-state index contributed by atoms with van der Waals surface area (Å²) in [6.45, 7) is 6.41. The molecule has 0 amide bonds. The highest BCUT2D eigenvalue weighted by molar-refractivity contribution is 7.89. The van der Waals surface area contributed by atoms with Gasteiger partial charge >= 0.3 is 0 Å². The van der Waals surface area contributed by atoms with Crippen molar-refractivity contribution in [1.82, 2.24) is 4.31 Å². The summed E-state index contributed by atoms with van der Waals surface area (Å²) in [4.78, 5) is 0. The molecule has 0 aromatic heterocycles. The van der Waals surface area contributed by atoms with E-state index in [1.165, 1.54) is 0 Å². The Bertz CT molecular complexity index is 656. The molecule has 0 bridgehead atoms. The van der Waals surface area contributed by atoms with Crippen molar-refractivity contribution in [3.63, 3.8) is 0 Å². The molecule has 0 spiro atoms. The Labute approximate surface area is 139 Å². The molecule has 1 saturated heterocycles. The van der Waals surface area contributed by atoms with Crippen molar-refractivity contribution in [3.8, 4) is 0 Å². The molecule has 1 heterocycles. The first-order chi connectivity index (χ1) is 10.8. The number of nitrogens with zero attached hydrogens (tertiary/aromatic N) is 1. The predicted octanol–water partition coefficient (Wildman–Crippen LogP) is 2.55. The van der Waals surface area contributed by atoms with Crippen molar-refractivity contribution in [2.24, 2.45) is 16.7 Å². The smallest absolute Gasteiger partial charge is 0.214 e. The van der Waals surface area contributed by atoms with E-state index < -0.39 is 10.0 Å². The fraction of sp³-hybridized carbons (Fsp3) is 0.667. The maximum absolute atomic E-state index is 12.8. The van der Waals surface area contributed by atoms with Gasteiger partial charge in [0, 0.05) is 25.6 Å². The van der Waals surface area contributed by atoms with Crippen LogP contribution < -0.4 is 0 Å². The Morgan fingerprint density at radius 2 is 1.96 bits per heavy atom. The summed E-state index contributed by atoms with van der Waals surface area (Å²) in [7, 11) is -1.50. The van der Waals surface area contributed by atoms with Crippen LogP contribution >= 0.6 is 0 Å². The van der Waals surface area contributed by atoms with Gasteiger partial charge in [-0.05, 0) is 29.7 Å². The number of rotatable bonds is 6. The molecule has 1 aliphatic carbocycles. The van der Waals surface area contributed by atoms with E-state index in [2.05, 4.69) is 13.8 Å². The maximum Gasteiger partial charge on any atom is 0.214 e. The highest BCUT2D eigenvalue weighted by Gasteiger charge is 2.64. The molecule has 2 atom stereocenters. The van der Waals surface area contributed by atoms with E-state index in [9.17, 15) is 8.42 Å². The lowest BCUT2D eigenvalue weighted by molar-refractivity contribution is -0.106. The molecule has 0 N–H and O–H groups in total. The normalized spacial score (nSPS) is 30.0. The van der Waals surface area contributed by atoms with Crippen LogP contribution in [0.3, 0.4) is 0 Å². The van der Waals surface area contributed by atoms with Crippen molar-refractivity contribution < 1.29 is 13.2 Å². The van der Waals surface area contributed by atoms with E-state index in [0.717, 1.165) is 12.0 Å². The van der Waals surface area contributed by atoms with Crippen LogP contribution in [0.2, 0.25) is 0 Å². The number of hydrogen-bond donors (Lipinski definition) is 0. The summed E-state index contributed by atoms with van der Waals surface area (Å²) < 4.78 is 32.7. The first-order valence-electron chi connectivity index (χ1n) is 8.30. The van der Waals surface area contributed by atoms with Gasteiger partial charge in [0.15, 0.2) is 0 Å². The highest BCUT2D eigenvalue weighted by Crippen LogP contribution is 2.63. The highest BCUT2D eigenvalue weighted by atomic mass is 32.2. The molecule has 23 heavy (non-hydrogen) atoms. The number of fused-ring (bicyclic) bond motifs is 1. The second kappa shape index (κ2) is 5.87. The van der Waals surface area contributed by atoms with Gasteiger partial charge in [-0.3, -0.25) is 0 Å². The Balaban J connectivity index is 1.69. The van der Waals surface area contributed by atoms with Crippen LogP contribution in [0.1, 0.15) is 25.8 Å². The second-order valence-electron chi connectivity index (χ2n) is 7.86. The van der Waals surface area contributed by atoms with E-state index in [4.69, 9.17) is 4.74 Å². The number of aryl methyl sites for hydroxylation is 1. The first-order valence-corrected chi connectivity index (χ1v) is 9.91. The summed E-state index contributed by atoms with van der Waals surface area (Å²) in [5.41, 5.74) is 1.31. The molecule has 0 unspecified atom stereocenters. The van der Waals surface area contributed by atoms with Gasteiger partial charge in [0.05, 0.1) is 12.4 Å². The first kappa shape index (κ1) is 16.9. The number of benzene rings is 1. The minimum Gasteiger partial charge on any atom is -0.384 e. The standard InChI is InChI=1S/C18H27NO3S/c1-17(2)12-18(14-22-3)13-19(11-16(17)18)23(20,21)10-9-15-7-5-4-6-8-15/h4-8,16H,9-14H2,1-3H3/t16-,18-/m1/s1. The van der Waals surface area contributed by atoms with E-state index in [0.29, 0.717) is 32.0 Å². The molecule has 2 fully saturated rings. The SMILES string of the molecule is COC[C@@]12CN(S(=O)(=O)CCc3ccccc3)C[C@@H]1C(C)(C)C2. The summed E-state index contributed by atoms with van der Waals surface area (Å²) in [5.74, 6) is 0.592. The van der Waals surface area contributed by atoms with Gasteiger partial charge in [-0.25, -0.2) is 12.7 Å². The van der Waals surface area contributed by atoms with E-state index >= 15 is 0 Å². The lowest BCUT2D eigenvalue weighted by Gasteiger charge is -2.56. The van der Waals surface area contributed by atoms with Crippen molar-refractivity contribution in [2.75, 3.05) is 32.6 Å². The molecule has 1 aromatic carbocycles. The molecule has 4 nitrogen and oxygen atoms in total. The van der Waals surface area contributed by atoms with Gasteiger partial charge in [-0.2, -0.15) is 0 Å². The molecule has 1 saturated carbocycles. The third-order valence-corrected chi connectivity index (χ3v) is 7.47. The Hall–Kier alpha value is -0.910. The molecule has 2 aliphatic rings. The number of ether oxygens (including phenoxy) is 1. The van der Waals surface area contributed by atoms with Crippen LogP contribution in [0.5, 0.6) is 0 Å². The zero-order chi connectivity index (χ0) is 16.7. The van der Waals surface area contributed by atoms with Crippen LogP contribution in [0.15, 0.2) is 30.3 Å². The lowest BCUT2D eigenvalue weighted by Crippen LogP contribution is -2.55. The van der Waals surface area contributed by atoms with Crippen LogP contribution in [-0.2, 0) is 21.2 Å². The molecular weight excluding hydrogens is 310 g/mol. The van der Waals surface area contributed by atoms with Gasteiger partial charge in [-0.15, -0.1) is 0 Å². The van der Waals surface area contributed by atoms with Crippen molar-refractivity contribution in [2.45, 2.75) is 26.7 Å².